The van der Waals surface area contributed by atoms with Crippen LogP contribution in [0.1, 0.15) is 29.4 Å². The molecule has 0 amide bonds. The average Bonchev–Trinajstić information content (AvgIpc) is 3.85. The Labute approximate surface area is 250 Å². The molecule has 6 aromatic carbocycles. The summed E-state index contributed by atoms with van der Waals surface area (Å²) in [4.78, 5) is 0. The first-order valence-electron chi connectivity index (χ1n) is 14.7. The molecular formula is C39H31NP2. The third-order valence-corrected chi connectivity index (χ3v) is 13.5. The Morgan fingerprint density at radius 3 is 1.05 bits per heavy atom. The van der Waals surface area contributed by atoms with Crippen molar-refractivity contribution in [3.05, 3.63) is 169 Å². The lowest BCUT2D eigenvalue weighted by molar-refractivity contribution is 1.06. The number of hydrogen-bond donors (Lipinski definition) is 1. The zero-order valence-corrected chi connectivity index (χ0v) is 25.1. The molecule has 42 heavy (non-hydrogen) atoms. The molecule has 0 bridgehead atoms. The van der Waals surface area contributed by atoms with Gasteiger partial charge in [0.2, 0.25) is 0 Å². The smallest absolute Gasteiger partial charge is 0.0426 e. The highest BCUT2D eigenvalue weighted by atomic mass is 31.1. The standard InChI is InChI=1S/C39H31NP2/c1-5-15-28(16-6-1)41(29-17-7-2-8-18-29)36-25-13-23-34-38(36)32-27-33(32)39-35(40-34)24-14-26-37(39)42(30-19-9-3-10-20-30)31-21-11-4-12-22-31/h1-26,32-33,40H,27H2. The van der Waals surface area contributed by atoms with Crippen molar-refractivity contribution < 1.29 is 0 Å². The van der Waals surface area contributed by atoms with E-state index in [0.717, 1.165) is 0 Å². The zero-order valence-electron chi connectivity index (χ0n) is 23.3. The van der Waals surface area contributed by atoms with Crippen LogP contribution in [0.3, 0.4) is 0 Å². The maximum Gasteiger partial charge on any atom is 0.0426 e. The second kappa shape index (κ2) is 11.0. The van der Waals surface area contributed by atoms with Gasteiger partial charge < -0.3 is 5.32 Å². The summed E-state index contributed by atoms with van der Waals surface area (Å²) in [6, 6.07) is 58.4. The molecule has 0 saturated heterocycles. The molecule has 2 unspecified atom stereocenters. The number of anilines is 2. The largest absolute Gasteiger partial charge is 0.355 e. The van der Waals surface area contributed by atoms with E-state index in [1.165, 1.54) is 60.7 Å². The van der Waals surface area contributed by atoms with E-state index < -0.39 is 15.8 Å². The van der Waals surface area contributed by atoms with Gasteiger partial charge in [0.05, 0.1) is 0 Å². The average molecular weight is 576 g/mol. The highest BCUT2D eigenvalue weighted by Crippen LogP contribution is 2.61. The summed E-state index contributed by atoms with van der Waals surface area (Å²) >= 11 is 0. The van der Waals surface area contributed by atoms with Gasteiger partial charge in [-0.1, -0.05) is 146 Å². The van der Waals surface area contributed by atoms with E-state index in [2.05, 4.69) is 163 Å². The Balaban J connectivity index is 1.28. The van der Waals surface area contributed by atoms with Crippen molar-refractivity contribution in [1.29, 1.82) is 0 Å². The fourth-order valence-corrected chi connectivity index (χ4v) is 11.7. The predicted octanol–water partition coefficient (Wildman–Crippen LogP) is 7.53. The van der Waals surface area contributed by atoms with E-state index in [0.29, 0.717) is 11.8 Å². The maximum absolute atomic E-state index is 3.98. The van der Waals surface area contributed by atoms with Crippen molar-refractivity contribution in [3.8, 4) is 0 Å². The van der Waals surface area contributed by atoms with E-state index in [-0.39, 0.29) is 0 Å². The second-order valence-corrected chi connectivity index (χ2v) is 15.4. The lowest BCUT2D eigenvalue weighted by Crippen LogP contribution is -2.23. The van der Waals surface area contributed by atoms with Gasteiger partial charge in [-0.2, -0.15) is 0 Å². The molecule has 1 saturated carbocycles. The molecule has 2 aliphatic rings. The van der Waals surface area contributed by atoms with Gasteiger partial charge in [-0.3, -0.25) is 0 Å². The number of hydrogen-bond acceptors (Lipinski definition) is 1. The molecule has 1 nitrogen and oxygen atoms in total. The fraction of sp³-hybridized carbons (Fsp3) is 0.0769. The van der Waals surface area contributed by atoms with Crippen LogP contribution in [0.15, 0.2) is 158 Å². The summed E-state index contributed by atoms with van der Waals surface area (Å²) in [7, 11) is -1.35. The Kier molecular flexibility index (Phi) is 6.72. The minimum atomic E-state index is -0.677. The van der Waals surface area contributed by atoms with Crippen molar-refractivity contribution in [3.63, 3.8) is 0 Å². The van der Waals surface area contributed by atoms with Gasteiger partial charge in [0.15, 0.2) is 0 Å². The van der Waals surface area contributed by atoms with Gasteiger partial charge >= 0.3 is 0 Å². The monoisotopic (exact) mass is 575 g/mol. The normalized spacial score (nSPS) is 16.6. The second-order valence-electron chi connectivity index (χ2n) is 11.1. The molecule has 6 aromatic rings. The van der Waals surface area contributed by atoms with Gasteiger partial charge in [0.1, 0.15) is 0 Å². The molecule has 0 aromatic heterocycles. The van der Waals surface area contributed by atoms with Gasteiger partial charge in [-0.25, -0.2) is 0 Å². The Bertz CT molecular complexity index is 1620. The van der Waals surface area contributed by atoms with Crippen molar-refractivity contribution in [2.24, 2.45) is 0 Å². The lowest BCUT2D eigenvalue weighted by atomic mass is 10.0. The van der Waals surface area contributed by atoms with E-state index in [1.807, 2.05) is 0 Å². The van der Waals surface area contributed by atoms with Crippen molar-refractivity contribution in [1.82, 2.24) is 0 Å². The minimum absolute atomic E-state index is 0.520. The van der Waals surface area contributed by atoms with Gasteiger partial charge in [-0.15, -0.1) is 0 Å². The third-order valence-electron chi connectivity index (χ3n) is 8.51. The molecule has 202 valence electrons. The van der Waals surface area contributed by atoms with Crippen LogP contribution in [0.2, 0.25) is 0 Å². The minimum Gasteiger partial charge on any atom is -0.355 e. The first kappa shape index (κ1) is 25.7. The number of rotatable bonds is 6. The fourth-order valence-electron chi connectivity index (χ4n) is 6.63. The molecule has 1 heterocycles. The molecule has 2 atom stereocenters. The summed E-state index contributed by atoms with van der Waals surface area (Å²) in [6.45, 7) is 0. The first-order chi connectivity index (χ1) is 20.9. The van der Waals surface area contributed by atoms with Crippen LogP contribution in [-0.2, 0) is 0 Å². The summed E-state index contributed by atoms with van der Waals surface area (Å²) in [6.07, 6.45) is 1.20. The van der Waals surface area contributed by atoms with Crippen molar-refractivity contribution in [2.45, 2.75) is 18.3 Å². The first-order valence-corrected chi connectivity index (χ1v) is 17.4. The van der Waals surface area contributed by atoms with E-state index >= 15 is 0 Å². The van der Waals surface area contributed by atoms with Crippen LogP contribution in [0.5, 0.6) is 0 Å². The SMILES string of the molecule is c1ccc(P(c2ccccc2)c2cccc3c2C2CC2c2c(cccc2P(c2ccccc2)c2ccccc2)N3)cc1. The van der Waals surface area contributed by atoms with Gasteiger partial charge in [0.25, 0.3) is 0 Å². The van der Waals surface area contributed by atoms with Crippen LogP contribution in [0.25, 0.3) is 0 Å². The van der Waals surface area contributed by atoms with Crippen LogP contribution in [0, 0.1) is 0 Å². The van der Waals surface area contributed by atoms with Crippen molar-refractivity contribution >= 4 is 59.0 Å². The highest BCUT2D eigenvalue weighted by Gasteiger charge is 2.47. The van der Waals surface area contributed by atoms with Crippen LogP contribution >= 0.6 is 15.8 Å². The van der Waals surface area contributed by atoms with Crippen molar-refractivity contribution in [2.75, 3.05) is 5.32 Å². The Morgan fingerprint density at radius 2 is 0.714 bits per heavy atom. The zero-order chi connectivity index (χ0) is 27.9. The topological polar surface area (TPSA) is 12.0 Å². The molecule has 0 radical (unpaired) electrons. The van der Waals surface area contributed by atoms with E-state index in [4.69, 9.17) is 0 Å². The number of fused-ring (bicyclic) bond motifs is 5. The van der Waals surface area contributed by atoms with Crippen LogP contribution in [0.4, 0.5) is 11.4 Å². The lowest BCUT2D eigenvalue weighted by Gasteiger charge is -2.24. The summed E-state index contributed by atoms with van der Waals surface area (Å²) < 4.78 is 0. The molecular weight excluding hydrogens is 544 g/mol. The Morgan fingerprint density at radius 1 is 0.381 bits per heavy atom. The van der Waals surface area contributed by atoms with Crippen LogP contribution in [-0.4, -0.2) is 0 Å². The third kappa shape index (κ3) is 4.59. The maximum atomic E-state index is 3.98. The number of nitrogens with one attached hydrogen (secondary N) is 1. The van der Waals surface area contributed by atoms with Crippen LogP contribution < -0.4 is 37.1 Å². The van der Waals surface area contributed by atoms with E-state index in [1.54, 1.807) is 0 Å². The summed E-state index contributed by atoms with van der Waals surface area (Å²) in [5.74, 6) is 1.04. The predicted molar refractivity (Wildman–Crippen MR) is 184 cm³/mol. The summed E-state index contributed by atoms with van der Waals surface area (Å²) in [5.41, 5.74) is 5.59. The summed E-state index contributed by atoms with van der Waals surface area (Å²) in [5, 5.41) is 12.6. The molecule has 1 aliphatic heterocycles. The quantitative estimate of drug-likeness (QED) is 0.203. The molecule has 1 fully saturated rings. The van der Waals surface area contributed by atoms with Gasteiger partial charge in [-0.05, 0) is 89.2 Å². The van der Waals surface area contributed by atoms with Gasteiger partial charge in [0, 0.05) is 11.4 Å². The molecule has 1 aliphatic carbocycles. The van der Waals surface area contributed by atoms with E-state index in [9.17, 15) is 0 Å². The molecule has 8 rings (SSSR count). The highest BCUT2D eigenvalue weighted by molar-refractivity contribution is 7.80. The molecule has 3 heteroatoms. The Hall–Kier alpha value is -4.02. The molecule has 1 N–H and O–H groups in total. The molecule has 0 spiro atoms. The number of benzene rings is 6.